The topological polar surface area (TPSA) is 67.4 Å². The summed E-state index contributed by atoms with van der Waals surface area (Å²) in [6.07, 6.45) is 0.112. The van der Waals surface area contributed by atoms with E-state index < -0.39 is 11.8 Å². The molecule has 0 aliphatic rings. The Morgan fingerprint density at radius 3 is 1.63 bits per heavy atom. The van der Waals surface area contributed by atoms with Gasteiger partial charge in [-0.3, -0.25) is 9.59 Å². The van der Waals surface area contributed by atoms with Crippen LogP contribution in [0, 0.1) is 0 Å². The number of benzene rings is 2. The van der Waals surface area contributed by atoms with Crippen molar-refractivity contribution in [2.75, 3.05) is 0 Å². The van der Waals surface area contributed by atoms with Gasteiger partial charge in [-0.25, -0.2) is 0 Å². The van der Waals surface area contributed by atoms with Crippen molar-refractivity contribution in [2.24, 2.45) is 0 Å². The first-order chi connectivity index (χ1) is 12.8. The zero-order valence-electron chi connectivity index (χ0n) is 16.4. The van der Waals surface area contributed by atoms with Crippen LogP contribution in [0.2, 0.25) is 0 Å². The van der Waals surface area contributed by atoms with Gasteiger partial charge >= 0.3 is 11.8 Å². The van der Waals surface area contributed by atoms with Gasteiger partial charge in [0, 0.05) is 13.1 Å². The number of hydrogen-bond donors (Lipinski definition) is 2. The Balaban J connectivity index is 1.77. The molecule has 27 heavy (non-hydrogen) atoms. The molecule has 0 atom stereocenters. The maximum absolute atomic E-state index is 11.9. The van der Waals surface area contributed by atoms with Crippen molar-refractivity contribution in [3.63, 3.8) is 0 Å². The average Bonchev–Trinajstić information content (AvgIpc) is 2.65. The number of ether oxygens (including phenoxy) is 1. The molecule has 0 bridgehead atoms. The molecule has 2 N–H and O–H groups in total. The number of hydrogen-bond acceptors (Lipinski definition) is 3. The third-order valence-electron chi connectivity index (χ3n) is 4.05. The Morgan fingerprint density at radius 1 is 0.778 bits per heavy atom. The molecule has 0 aromatic heterocycles. The molecule has 0 aliphatic heterocycles. The van der Waals surface area contributed by atoms with Gasteiger partial charge in [0.25, 0.3) is 0 Å². The Morgan fingerprint density at radius 2 is 1.22 bits per heavy atom. The number of carbonyl (C=O) groups excluding carboxylic acids is 2. The van der Waals surface area contributed by atoms with Gasteiger partial charge in [0.05, 0.1) is 6.10 Å². The summed E-state index contributed by atoms with van der Waals surface area (Å²) in [6, 6.07) is 15.4. The van der Waals surface area contributed by atoms with Crippen LogP contribution in [0.25, 0.3) is 0 Å². The highest BCUT2D eigenvalue weighted by molar-refractivity contribution is 6.35. The van der Waals surface area contributed by atoms with Crippen molar-refractivity contribution < 1.29 is 14.3 Å². The van der Waals surface area contributed by atoms with E-state index >= 15 is 0 Å². The van der Waals surface area contributed by atoms with E-state index in [0.717, 1.165) is 16.9 Å². The Bertz CT molecular complexity index is 750. The van der Waals surface area contributed by atoms with E-state index in [4.69, 9.17) is 4.74 Å². The van der Waals surface area contributed by atoms with Gasteiger partial charge in [-0.2, -0.15) is 0 Å². The molecule has 5 nitrogen and oxygen atoms in total. The van der Waals surface area contributed by atoms with E-state index in [-0.39, 0.29) is 12.6 Å². The van der Waals surface area contributed by atoms with Crippen LogP contribution in [-0.2, 0) is 22.7 Å². The normalized spacial score (nSPS) is 10.7. The van der Waals surface area contributed by atoms with Crippen LogP contribution in [0.4, 0.5) is 0 Å². The predicted molar refractivity (Wildman–Crippen MR) is 106 cm³/mol. The molecular formula is C22H28N2O3. The van der Waals surface area contributed by atoms with Gasteiger partial charge in [0.15, 0.2) is 0 Å². The lowest BCUT2D eigenvalue weighted by atomic mass is 10.0. The first-order valence-electron chi connectivity index (χ1n) is 9.25. The maximum Gasteiger partial charge on any atom is 0.309 e. The molecule has 0 saturated carbocycles. The highest BCUT2D eigenvalue weighted by Gasteiger charge is 2.12. The summed E-state index contributed by atoms with van der Waals surface area (Å²) in [5, 5.41) is 5.27. The molecule has 144 valence electrons. The molecule has 0 spiro atoms. The molecule has 2 aromatic rings. The average molecular weight is 368 g/mol. The minimum Gasteiger partial charge on any atom is -0.491 e. The fraction of sp³-hybridized carbons (Fsp3) is 0.364. The Hall–Kier alpha value is -2.82. The van der Waals surface area contributed by atoms with Crippen LogP contribution in [0.3, 0.4) is 0 Å². The standard InChI is InChI=1S/C22H28N2O3/c1-15(2)19-9-5-17(6-10-19)13-23-21(25)22(26)24-14-18-7-11-20(12-8-18)27-16(3)4/h5-12,15-16H,13-14H2,1-4H3,(H,23,25)(H,24,26). The molecule has 2 amide bonds. The molecule has 0 radical (unpaired) electrons. The van der Waals surface area contributed by atoms with E-state index in [1.54, 1.807) is 0 Å². The molecule has 0 saturated heterocycles. The Kier molecular flexibility index (Phi) is 7.41. The van der Waals surface area contributed by atoms with Crippen molar-refractivity contribution in [2.45, 2.75) is 52.8 Å². The van der Waals surface area contributed by atoms with E-state index in [9.17, 15) is 9.59 Å². The highest BCUT2D eigenvalue weighted by atomic mass is 16.5. The zero-order chi connectivity index (χ0) is 19.8. The lowest BCUT2D eigenvalue weighted by Gasteiger charge is -2.11. The molecule has 5 heteroatoms. The second-order valence-corrected chi connectivity index (χ2v) is 7.07. The lowest BCUT2D eigenvalue weighted by molar-refractivity contribution is -0.139. The summed E-state index contributed by atoms with van der Waals surface area (Å²) >= 11 is 0. The van der Waals surface area contributed by atoms with E-state index in [1.165, 1.54) is 5.56 Å². The molecule has 2 aromatic carbocycles. The number of carbonyl (C=O) groups is 2. The summed E-state index contributed by atoms with van der Waals surface area (Å²) in [7, 11) is 0. The summed E-state index contributed by atoms with van der Waals surface area (Å²) in [5.41, 5.74) is 3.10. The van der Waals surface area contributed by atoms with Crippen LogP contribution < -0.4 is 15.4 Å². The second-order valence-electron chi connectivity index (χ2n) is 7.07. The first kappa shape index (κ1) is 20.5. The molecular weight excluding hydrogens is 340 g/mol. The van der Waals surface area contributed by atoms with Gasteiger partial charge in [-0.1, -0.05) is 50.2 Å². The summed E-state index contributed by atoms with van der Waals surface area (Å²) in [6.45, 7) is 8.80. The summed E-state index contributed by atoms with van der Waals surface area (Å²) < 4.78 is 5.58. The van der Waals surface area contributed by atoms with Crippen LogP contribution in [0.1, 0.15) is 50.3 Å². The van der Waals surface area contributed by atoms with Crippen LogP contribution in [0.15, 0.2) is 48.5 Å². The third-order valence-corrected chi connectivity index (χ3v) is 4.05. The van der Waals surface area contributed by atoms with Crippen molar-refractivity contribution in [3.8, 4) is 5.75 Å². The van der Waals surface area contributed by atoms with Crippen molar-refractivity contribution in [1.82, 2.24) is 10.6 Å². The van der Waals surface area contributed by atoms with Crippen molar-refractivity contribution in [3.05, 3.63) is 65.2 Å². The SMILES string of the molecule is CC(C)Oc1ccc(CNC(=O)C(=O)NCc2ccc(C(C)C)cc2)cc1. The summed E-state index contributed by atoms with van der Waals surface area (Å²) in [4.78, 5) is 23.9. The molecule has 0 aliphatic carbocycles. The number of nitrogens with one attached hydrogen (secondary N) is 2. The van der Waals surface area contributed by atoms with Crippen molar-refractivity contribution >= 4 is 11.8 Å². The van der Waals surface area contributed by atoms with Gasteiger partial charge in [0.1, 0.15) is 5.75 Å². The smallest absolute Gasteiger partial charge is 0.309 e. The minimum absolute atomic E-state index is 0.112. The minimum atomic E-state index is -0.642. The van der Waals surface area contributed by atoms with Gasteiger partial charge < -0.3 is 15.4 Å². The molecule has 0 unspecified atom stereocenters. The van der Waals surface area contributed by atoms with E-state index in [0.29, 0.717) is 12.5 Å². The van der Waals surface area contributed by atoms with E-state index in [1.807, 2.05) is 62.4 Å². The van der Waals surface area contributed by atoms with Crippen LogP contribution in [-0.4, -0.2) is 17.9 Å². The van der Waals surface area contributed by atoms with Gasteiger partial charge in [-0.05, 0) is 48.6 Å². The molecule has 2 rings (SSSR count). The third kappa shape index (κ3) is 6.77. The number of rotatable bonds is 7. The van der Waals surface area contributed by atoms with Crippen molar-refractivity contribution in [1.29, 1.82) is 0 Å². The van der Waals surface area contributed by atoms with E-state index in [2.05, 4.69) is 24.5 Å². The quantitative estimate of drug-likeness (QED) is 0.735. The highest BCUT2D eigenvalue weighted by Crippen LogP contribution is 2.15. The second kappa shape index (κ2) is 9.76. The predicted octanol–water partition coefficient (Wildman–Crippen LogP) is 3.53. The van der Waals surface area contributed by atoms with Crippen LogP contribution >= 0.6 is 0 Å². The summed E-state index contributed by atoms with van der Waals surface area (Å²) in [5.74, 6) is -0.0364. The maximum atomic E-state index is 11.9. The van der Waals surface area contributed by atoms with Gasteiger partial charge in [-0.15, -0.1) is 0 Å². The lowest BCUT2D eigenvalue weighted by Crippen LogP contribution is -2.39. The zero-order valence-corrected chi connectivity index (χ0v) is 16.4. The fourth-order valence-electron chi connectivity index (χ4n) is 2.50. The largest absolute Gasteiger partial charge is 0.491 e. The Labute approximate surface area is 161 Å². The van der Waals surface area contributed by atoms with Gasteiger partial charge in [0.2, 0.25) is 0 Å². The first-order valence-corrected chi connectivity index (χ1v) is 9.25. The molecule has 0 heterocycles. The monoisotopic (exact) mass is 368 g/mol. The molecule has 0 fully saturated rings. The van der Waals surface area contributed by atoms with Crippen LogP contribution in [0.5, 0.6) is 5.75 Å². The fourth-order valence-corrected chi connectivity index (χ4v) is 2.50. The number of amides is 2.